The van der Waals surface area contributed by atoms with Crippen molar-refractivity contribution in [1.82, 2.24) is 9.80 Å². The van der Waals surface area contributed by atoms with E-state index in [0.717, 1.165) is 11.3 Å². The number of rotatable bonds is 3. The van der Waals surface area contributed by atoms with Gasteiger partial charge in [-0.15, -0.1) is 11.3 Å². The molecule has 1 fully saturated rings. The van der Waals surface area contributed by atoms with Crippen LogP contribution in [-0.2, 0) is 6.42 Å². The molecule has 1 aromatic carbocycles. The van der Waals surface area contributed by atoms with Gasteiger partial charge in [0.2, 0.25) is 0 Å². The minimum atomic E-state index is -0.417. The number of carbonyl (C=O) groups is 2. The van der Waals surface area contributed by atoms with Crippen LogP contribution < -0.4 is 0 Å². The highest BCUT2D eigenvalue weighted by atomic mass is 32.1. The third kappa shape index (κ3) is 3.74. The van der Waals surface area contributed by atoms with E-state index in [1.165, 1.54) is 40.0 Å². The molecule has 0 aliphatic carbocycles. The lowest BCUT2D eigenvalue weighted by Crippen LogP contribution is -2.50. The van der Waals surface area contributed by atoms with E-state index in [9.17, 15) is 14.0 Å². The Balaban J connectivity index is 1.63. The summed E-state index contributed by atoms with van der Waals surface area (Å²) < 4.78 is 13.3. The van der Waals surface area contributed by atoms with Gasteiger partial charge in [0, 0.05) is 36.6 Å². The van der Waals surface area contributed by atoms with Gasteiger partial charge in [0.15, 0.2) is 0 Å². The number of aryl methyl sites for hydroxylation is 2. The van der Waals surface area contributed by atoms with Crippen LogP contribution in [-0.4, -0.2) is 47.8 Å². The van der Waals surface area contributed by atoms with Crippen LogP contribution in [0, 0.1) is 12.7 Å². The summed E-state index contributed by atoms with van der Waals surface area (Å²) in [7, 11) is 0. The van der Waals surface area contributed by atoms with Crippen LogP contribution in [0.25, 0.3) is 0 Å². The van der Waals surface area contributed by atoms with E-state index in [1.54, 1.807) is 15.9 Å². The fraction of sp³-hybridized carbons (Fsp3) is 0.368. The van der Waals surface area contributed by atoms with E-state index >= 15 is 0 Å². The molecule has 0 spiro atoms. The molecule has 0 N–H and O–H groups in total. The first-order valence-corrected chi connectivity index (χ1v) is 9.24. The van der Waals surface area contributed by atoms with Gasteiger partial charge >= 0.3 is 0 Å². The van der Waals surface area contributed by atoms with Crippen LogP contribution in [0.2, 0.25) is 0 Å². The average Bonchev–Trinajstić information content (AvgIpc) is 3.01. The third-order valence-corrected chi connectivity index (χ3v) is 5.62. The molecule has 1 aliphatic rings. The number of hydrogen-bond acceptors (Lipinski definition) is 3. The Kier molecular flexibility index (Phi) is 5.18. The lowest BCUT2D eigenvalue weighted by molar-refractivity contribution is 0.0538. The number of halogens is 1. The molecular formula is C19H21FN2O2S. The van der Waals surface area contributed by atoms with Crippen LogP contribution in [0.5, 0.6) is 0 Å². The zero-order valence-electron chi connectivity index (χ0n) is 14.4. The predicted molar refractivity (Wildman–Crippen MR) is 96.6 cm³/mol. The summed E-state index contributed by atoms with van der Waals surface area (Å²) in [6, 6.07) is 7.70. The van der Waals surface area contributed by atoms with Crippen molar-refractivity contribution in [2.75, 3.05) is 26.2 Å². The highest BCUT2D eigenvalue weighted by Gasteiger charge is 2.26. The van der Waals surface area contributed by atoms with E-state index in [-0.39, 0.29) is 11.8 Å². The van der Waals surface area contributed by atoms with E-state index < -0.39 is 5.82 Å². The van der Waals surface area contributed by atoms with E-state index in [1.807, 2.05) is 13.0 Å². The first-order valence-electron chi connectivity index (χ1n) is 8.43. The molecule has 2 heterocycles. The van der Waals surface area contributed by atoms with E-state index in [4.69, 9.17) is 0 Å². The Morgan fingerprint density at radius 1 is 1.08 bits per heavy atom. The van der Waals surface area contributed by atoms with Gasteiger partial charge in [-0.1, -0.05) is 13.0 Å². The molecule has 0 unspecified atom stereocenters. The molecule has 6 heteroatoms. The van der Waals surface area contributed by atoms with Crippen LogP contribution in [0.4, 0.5) is 4.39 Å². The van der Waals surface area contributed by atoms with Gasteiger partial charge in [-0.3, -0.25) is 9.59 Å². The van der Waals surface area contributed by atoms with Gasteiger partial charge in [0.05, 0.1) is 4.88 Å². The van der Waals surface area contributed by atoms with Crippen LogP contribution in [0.1, 0.15) is 37.4 Å². The highest BCUT2D eigenvalue weighted by Crippen LogP contribution is 2.24. The minimum Gasteiger partial charge on any atom is -0.335 e. The van der Waals surface area contributed by atoms with Crippen LogP contribution >= 0.6 is 11.3 Å². The maximum atomic E-state index is 13.3. The number of thiophene rings is 1. The summed E-state index contributed by atoms with van der Waals surface area (Å²) in [5, 5.41) is 0. The fourth-order valence-corrected chi connectivity index (χ4v) is 4.13. The van der Waals surface area contributed by atoms with Crippen molar-refractivity contribution in [1.29, 1.82) is 0 Å². The topological polar surface area (TPSA) is 40.6 Å². The van der Waals surface area contributed by atoms with Crippen molar-refractivity contribution in [3.05, 3.63) is 57.0 Å². The molecule has 0 radical (unpaired) electrons. The lowest BCUT2D eigenvalue weighted by atomic mass is 10.1. The summed E-state index contributed by atoms with van der Waals surface area (Å²) in [6.07, 6.45) is 0.922. The van der Waals surface area contributed by atoms with E-state index in [0.29, 0.717) is 31.7 Å². The SMILES string of the molecule is CCc1cc(C(=O)N2CCN(C(=O)c3cccc(F)c3)CC2)sc1C. The van der Waals surface area contributed by atoms with Gasteiger partial charge in [0.25, 0.3) is 11.8 Å². The fourth-order valence-electron chi connectivity index (χ4n) is 3.05. The number of carbonyl (C=O) groups excluding carboxylic acids is 2. The van der Waals surface area contributed by atoms with Crippen molar-refractivity contribution >= 4 is 23.2 Å². The normalized spacial score (nSPS) is 14.7. The van der Waals surface area contributed by atoms with Crippen molar-refractivity contribution in [3.8, 4) is 0 Å². The third-order valence-electron chi connectivity index (χ3n) is 4.54. The van der Waals surface area contributed by atoms with Crippen molar-refractivity contribution in [2.24, 2.45) is 0 Å². The van der Waals surface area contributed by atoms with Crippen molar-refractivity contribution < 1.29 is 14.0 Å². The summed E-state index contributed by atoms with van der Waals surface area (Å²) >= 11 is 1.53. The highest BCUT2D eigenvalue weighted by molar-refractivity contribution is 7.14. The second-order valence-corrected chi connectivity index (χ2v) is 7.40. The number of hydrogen-bond donors (Lipinski definition) is 0. The molecule has 132 valence electrons. The second-order valence-electron chi connectivity index (χ2n) is 6.14. The van der Waals surface area contributed by atoms with Gasteiger partial charge in [0.1, 0.15) is 5.82 Å². The van der Waals surface area contributed by atoms with E-state index in [2.05, 4.69) is 6.92 Å². The van der Waals surface area contributed by atoms with Gasteiger partial charge in [-0.25, -0.2) is 4.39 Å². The Morgan fingerprint density at radius 3 is 2.28 bits per heavy atom. The van der Waals surface area contributed by atoms with Crippen LogP contribution in [0.3, 0.4) is 0 Å². The van der Waals surface area contributed by atoms with Gasteiger partial charge in [-0.2, -0.15) is 0 Å². The number of amides is 2. The standard InChI is InChI=1S/C19H21FN2O2S/c1-3-14-12-17(25-13(14)2)19(24)22-9-7-21(8-10-22)18(23)15-5-4-6-16(20)11-15/h4-6,11-12H,3,7-10H2,1-2H3. The monoisotopic (exact) mass is 360 g/mol. The molecule has 1 aromatic heterocycles. The molecule has 0 bridgehead atoms. The molecule has 2 amide bonds. The van der Waals surface area contributed by atoms with Crippen molar-refractivity contribution in [3.63, 3.8) is 0 Å². The van der Waals surface area contributed by atoms with Crippen molar-refractivity contribution in [2.45, 2.75) is 20.3 Å². The zero-order valence-corrected chi connectivity index (χ0v) is 15.2. The number of benzene rings is 1. The Morgan fingerprint density at radius 2 is 1.72 bits per heavy atom. The summed E-state index contributed by atoms with van der Waals surface area (Å²) in [5.74, 6) is -0.572. The van der Waals surface area contributed by atoms with Gasteiger partial charge < -0.3 is 9.80 Å². The largest absolute Gasteiger partial charge is 0.335 e. The molecule has 1 aliphatic heterocycles. The molecule has 0 saturated carbocycles. The van der Waals surface area contributed by atoms with Crippen LogP contribution in [0.15, 0.2) is 30.3 Å². The minimum absolute atomic E-state index is 0.0330. The average molecular weight is 360 g/mol. The second kappa shape index (κ2) is 7.35. The lowest BCUT2D eigenvalue weighted by Gasteiger charge is -2.34. The molecule has 0 atom stereocenters. The first kappa shape index (κ1) is 17.6. The molecule has 4 nitrogen and oxygen atoms in total. The Bertz CT molecular complexity index is 794. The molecule has 25 heavy (non-hydrogen) atoms. The first-order chi connectivity index (χ1) is 12.0. The predicted octanol–water partition coefficient (Wildman–Crippen LogP) is 3.36. The quantitative estimate of drug-likeness (QED) is 0.842. The maximum Gasteiger partial charge on any atom is 0.264 e. The molecule has 2 aromatic rings. The summed E-state index contributed by atoms with van der Waals surface area (Å²) in [6.45, 7) is 6.05. The Labute approximate surface area is 150 Å². The Hall–Kier alpha value is -2.21. The molecular weight excluding hydrogens is 339 g/mol. The number of nitrogens with zero attached hydrogens (tertiary/aromatic N) is 2. The smallest absolute Gasteiger partial charge is 0.264 e. The summed E-state index contributed by atoms with van der Waals surface area (Å²) in [4.78, 5) is 30.5. The molecule has 1 saturated heterocycles. The van der Waals surface area contributed by atoms with Gasteiger partial charge in [-0.05, 0) is 43.2 Å². The number of piperazine rings is 1. The zero-order chi connectivity index (χ0) is 18.0. The maximum absolute atomic E-state index is 13.3. The summed E-state index contributed by atoms with van der Waals surface area (Å²) in [5.41, 5.74) is 1.56. The molecule has 3 rings (SSSR count).